The molecule has 0 aliphatic heterocycles. The second-order valence-corrected chi connectivity index (χ2v) is 8.80. The molecule has 2 aromatic carbocycles. The largest absolute Gasteiger partial charge is 0.451 e. The SMILES string of the molecule is CN(Cc1ccccc1)S(=O)(=O)c1ccc(Cl)c(C(=O)Nc2n[nH]c(C(F)(F)F)n2)c1. The van der Waals surface area contributed by atoms with E-state index in [1.165, 1.54) is 19.2 Å². The average Bonchev–Trinajstić information content (AvgIpc) is 3.18. The van der Waals surface area contributed by atoms with Crippen molar-refractivity contribution in [2.75, 3.05) is 12.4 Å². The minimum absolute atomic E-state index is 0.0880. The fourth-order valence-corrected chi connectivity index (χ4v) is 3.95. The number of amides is 1. The third kappa shape index (κ3) is 5.21. The molecule has 0 radical (unpaired) electrons. The first kappa shape index (κ1) is 22.7. The Morgan fingerprint density at radius 1 is 1.19 bits per heavy atom. The van der Waals surface area contributed by atoms with Gasteiger partial charge in [-0.25, -0.2) is 8.42 Å². The van der Waals surface area contributed by atoms with Crippen molar-refractivity contribution in [1.82, 2.24) is 19.5 Å². The van der Waals surface area contributed by atoms with Crippen molar-refractivity contribution >= 4 is 33.5 Å². The van der Waals surface area contributed by atoms with Crippen LogP contribution in [-0.2, 0) is 22.7 Å². The van der Waals surface area contributed by atoms with Gasteiger partial charge in [-0.2, -0.15) is 22.5 Å². The van der Waals surface area contributed by atoms with Gasteiger partial charge in [0.1, 0.15) is 0 Å². The number of nitrogens with one attached hydrogen (secondary N) is 2. The lowest BCUT2D eigenvalue weighted by molar-refractivity contribution is -0.144. The Morgan fingerprint density at radius 2 is 1.87 bits per heavy atom. The third-order valence-corrected chi connectivity index (χ3v) is 6.25. The highest BCUT2D eigenvalue weighted by Gasteiger charge is 2.35. The Bertz CT molecular complexity index is 1200. The van der Waals surface area contributed by atoms with Crippen molar-refractivity contribution in [2.24, 2.45) is 0 Å². The molecule has 0 saturated carbocycles. The molecule has 0 unspecified atom stereocenters. The monoisotopic (exact) mass is 473 g/mol. The molecular weight excluding hydrogens is 459 g/mol. The molecule has 31 heavy (non-hydrogen) atoms. The number of H-pyrrole nitrogens is 1. The molecule has 1 amide bonds. The van der Waals surface area contributed by atoms with E-state index >= 15 is 0 Å². The Morgan fingerprint density at radius 3 is 2.48 bits per heavy atom. The van der Waals surface area contributed by atoms with Crippen LogP contribution in [-0.4, -0.2) is 40.9 Å². The summed E-state index contributed by atoms with van der Waals surface area (Å²) in [5.41, 5.74) is 0.486. The van der Waals surface area contributed by atoms with Crippen molar-refractivity contribution in [3.8, 4) is 0 Å². The van der Waals surface area contributed by atoms with E-state index in [-0.39, 0.29) is 22.0 Å². The number of rotatable bonds is 6. The first-order valence-corrected chi connectivity index (χ1v) is 10.4. The molecule has 8 nitrogen and oxygen atoms in total. The number of hydrogen-bond acceptors (Lipinski definition) is 5. The van der Waals surface area contributed by atoms with Gasteiger partial charge in [0, 0.05) is 13.6 Å². The molecule has 1 aromatic heterocycles. The van der Waals surface area contributed by atoms with E-state index < -0.39 is 33.9 Å². The number of halogens is 4. The lowest BCUT2D eigenvalue weighted by atomic mass is 10.2. The molecule has 0 fully saturated rings. The molecular formula is C18H15ClF3N5O3S. The van der Waals surface area contributed by atoms with Gasteiger partial charge in [-0.15, -0.1) is 5.10 Å². The van der Waals surface area contributed by atoms with E-state index in [0.29, 0.717) is 0 Å². The number of carbonyl (C=O) groups excluding carboxylic acids is 1. The Hall–Kier alpha value is -2.96. The first-order valence-electron chi connectivity index (χ1n) is 8.59. The number of carbonyl (C=O) groups is 1. The van der Waals surface area contributed by atoms with Gasteiger partial charge in [0.25, 0.3) is 5.91 Å². The highest BCUT2D eigenvalue weighted by atomic mass is 35.5. The van der Waals surface area contributed by atoms with Crippen molar-refractivity contribution in [3.05, 3.63) is 70.5 Å². The van der Waals surface area contributed by atoms with Crippen LogP contribution in [0.15, 0.2) is 53.4 Å². The molecule has 0 saturated heterocycles. The maximum atomic E-state index is 12.9. The lowest BCUT2D eigenvalue weighted by Gasteiger charge is -2.18. The summed E-state index contributed by atoms with van der Waals surface area (Å²) in [6, 6.07) is 12.3. The fourth-order valence-electron chi connectivity index (χ4n) is 2.56. The number of benzene rings is 2. The predicted molar refractivity (Wildman–Crippen MR) is 106 cm³/mol. The zero-order valence-electron chi connectivity index (χ0n) is 15.8. The average molecular weight is 474 g/mol. The number of alkyl halides is 3. The van der Waals surface area contributed by atoms with Crippen molar-refractivity contribution in [1.29, 1.82) is 0 Å². The van der Waals surface area contributed by atoms with Gasteiger partial charge in [0.05, 0.1) is 15.5 Å². The van der Waals surface area contributed by atoms with Gasteiger partial charge in [-0.3, -0.25) is 15.2 Å². The van der Waals surface area contributed by atoms with Gasteiger partial charge in [0.2, 0.25) is 21.8 Å². The van der Waals surface area contributed by atoms with Gasteiger partial charge >= 0.3 is 6.18 Å². The molecule has 13 heteroatoms. The van der Waals surface area contributed by atoms with E-state index in [4.69, 9.17) is 11.6 Å². The molecule has 3 rings (SSSR count). The van der Waals surface area contributed by atoms with E-state index in [0.717, 1.165) is 15.9 Å². The molecule has 0 bridgehead atoms. The maximum Gasteiger partial charge on any atom is 0.451 e. The minimum atomic E-state index is -4.77. The van der Waals surface area contributed by atoms with Gasteiger partial charge in [-0.05, 0) is 23.8 Å². The minimum Gasteiger partial charge on any atom is -0.289 e. The van der Waals surface area contributed by atoms with Crippen LogP contribution < -0.4 is 5.32 Å². The van der Waals surface area contributed by atoms with E-state index in [2.05, 4.69) is 15.4 Å². The summed E-state index contributed by atoms with van der Waals surface area (Å²) in [5, 5.41) is 6.87. The van der Waals surface area contributed by atoms with Gasteiger partial charge < -0.3 is 0 Å². The summed E-state index contributed by atoms with van der Waals surface area (Å²) in [5.74, 6) is -3.00. The van der Waals surface area contributed by atoms with E-state index in [1.807, 2.05) is 0 Å². The molecule has 2 N–H and O–H groups in total. The molecule has 0 aliphatic rings. The molecule has 1 heterocycles. The zero-order valence-corrected chi connectivity index (χ0v) is 17.4. The number of anilines is 1. The van der Waals surface area contributed by atoms with Crippen molar-refractivity contribution < 1.29 is 26.4 Å². The van der Waals surface area contributed by atoms with Gasteiger partial charge in [-0.1, -0.05) is 41.9 Å². The van der Waals surface area contributed by atoms with E-state index in [9.17, 15) is 26.4 Å². The van der Waals surface area contributed by atoms with Crippen LogP contribution in [0.5, 0.6) is 0 Å². The fraction of sp³-hybridized carbons (Fsp3) is 0.167. The maximum absolute atomic E-state index is 12.9. The van der Waals surface area contributed by atoms with E-state index in [1.54, 1.807) is 35.4 Å². The van der Waals surface area contributed by atoms with Crippen LogP contribution in [0.3, 0.4) is 0 Å². The number of sulfonamides is 1. The Balaban J connectivity index is 1.83. The summed E-state index contributed by atoms with van der Waals surface area (Å²) in [7, 11) is -2.61. The van der Waals surface area contributed by atoms with Crippen LogP contribution in [0.1, 0.15) is 21.7 Å². The summed E-state index contributed by atoms with van der Waals surface area (Å²) < 4.78 is 64.7. The van der Waals surface area contributed by atoms with Crippen molar-refractivity contribution in [3.63, 3.8) is 0 Å². The molecule has 0 spiro atoms. The number of aromatic amines is 1. The summed E-state index contributed by atoms with van der Waals surface area (Å²) in [6.07, 6.45) is -4.77. The molecule has 0 aliphatic carbocycles. The summed E-state index contributed by atoms with van der Waals surface area (Å²) in [6.45, 7) is 0.0880. The van der Waals surface area contributed by atoms with Crippen LogP contribution >= 0.6 is 11.6 Å². The number of nitrogens with zero attached hydrogens (tertiary/aromatic N) is 3. The smallest absolute Gasteiger partial charge is 0.289 e. The van der Waals surface area contributed by atoms with Gasteiger partial charge in [0.15, 0.2) is 0 Å². The quantitative estimate of drug-likeness (QED) is 0.569. The number of hydrogen-bond donors (Lipinski definition) is 2. The summed E-state index contributed by atoms with van der Waals surface area (Å²) >= 11 is 6.00. The second kappa shape index (κ2) is 8.65. The topological polar surface area (TPSA) is 108 Å². The molecule has 0 atom stereocenters. The highest BCUT2D eigenvalue weighted by molar-refractivity contribution is 7.89. The molecule has 3 aromatic rings. The number of aromatic nitrogens is 3. The second-order valence-electron chi connectivity index (χ2n) is 6.35. The Kier molecular flexibility index (Phi) is 6.34. The molecule has 164 valence electrons. The van der Waals surface area contributed by atoms with Crippen LogP contribution in [0.2, 0.25) is 5.02 Å². The normalized spacial score (nSPS) is 12.2. The zero-order chi connectivity index (χ0) is 22.8. The lowest BCUT2D eigenvalue weighted by Crippen LogP contribution is -2.27. The summed E-state index contributed by atoms with van der Waals surface area (Å²) in [4.78, 5) is 15.4. The van der Waals surface area contributed by atoms with Crippen LogP contribution in [0.25, 0.3) is 0 Å². The third-order valence-electron chi connectivity index (χ3n) is 4.12. The standard InChI is InChI=1S/C18H15ClF3N5O3S/c1-27(10-11-5-3-2-4-6-11)31(29,30)12-7-8-14(19)13(9-12)15(28)23-17-24-16(25-26-17)18(20,21)22/h2-9H,10H2,1H3,(H2,23,24,25,26,28). The predicted octanol–water partition coefficient (Wildman–Crippen LogP) is 3.55. The highest BCUT2D eigenvalue weighted by Crippen LogP contribution is 2.27. The van der Waals surface area contributed by atoms with Crippen LogP contribution in [0, 0.1) is 0 Å². The van der Waals surface area contributed by atoms with Crippen molar-refractivity contribution in [2.45, 2.75) is 17.6 Å². The Labute approximate surface area is 180 Å². The van der Waals surface area contributed by atoms with Crippen LogP contribution in [0.4, 0.5) is 19.1 Å². The first-order chi connectivity index (χ1) is 14.5.